The van der Waals surface area contributed by atoms with Crippen molar-refractivity contribution in [1.29, 1.82) is 0 Å². The van der Waals surface area contributed by atoms with Crippen LogP contribution in [0, 0.1) is 0 Å². The Labute approximate surface area is 68.1 Å². The van der Waals surface area contributed by atoms with Crippen LogP contribution in [0.15, 0.2) is 29.0 Å². The molecular formula is C10H14O. The van der Waals surface area contributed by atoms with Crippen molar-refractivity contribution in [2.45, 2.75) is 27.2 Å². The molecule has 0 saturated heterocycles. The van der Waals surface area contributed by atoms with Crippen LogP contribution in [0.2, 0.25) is 0 Å². The molecule has 0 aliphatic carbocycles. The number of aldehydes is 1. The molecule has 0 radical (unpaired) electrons. The molecule has 11 heavy (non-hydrogen) atoms. The Kier molecular flexibility index (Phi) is 5.14. The third-order valence-corrected chi connectivity index (χ3v) is 1.17. The fourth-order valence-electron chi connectivity index (χ4n) is 0.600. The van der Waals surface area contributed by atoms with E-state index >= 15 is 0 Å². The molecule has 0 unspecified atom stereocenters. The van der Waals surface area contributed by atoms with Gasteiger partial charge in [0.2, 0.25) is 0 Å². The molecule has 0 bridgehead atoms. The van der Waals surface area contributed by atoms with Crippen molar-refractivity contribution in [3.8, 4) is 0 Å². The maximum absolute atomic E-state index is 10.00. The first-order valence-electron chi connectivity index (χ1n) is 3.66. The molecule has 0 aromatic carbocycles. The van der Waals surface area contributed by atoms with E-state index in [4.69, 9.17) is 0 Å². The normalized spacial score (nSPS) is 10.3. The largest absolute Gasteiger partial charge is 0.299 e. The summed E-state index contributed by atoms with van der Waals surface area (Å²) in [4.78, 5) is 10.00. The van der Waals surface area contributed by atoms with Gasteiger partial charge in [0.25, 0.3) is 0 Å². The molecule has 60 valence electrons. The summed E-state index contributed by atoms with van der Waals surface area (Å²) in [5.74, 6) is 0. The van der Waals surface area contributed by atoms with Crippen LogP contribution in [0.1, 0.15) is 27.2 Å². The summed E-state index contributed by atoms with van der Waals surface area (Å²) in [5.41, 5.74) is 5.29. The van der Waals surface area contributed by atoms with Crippen LogP contribution in [-0.4, -0.2) is 6.29 Å². The summed E-state index contributed by atoms with van der Waals surface area (Å²) in [6, 6.07) is 0. The second kappa shape index (κ2) is 5.70. The summed E-state index contributed by atoms with van der Waals surface area (Å²) in [7, 11) is 0. The zero-order valence-electron chi connectivity index (χ0n) is 7.35. The van der Waals surface area contributed by atoms with Crippen molar-refractivity contribution < 1.29 is 4.79 Å². The lowest BCUT2D eigenvalue weighted by molar-refractivity contribution is -0.104. The Bertz CT molecular complexity index is 211. The second-order valence-electron chi connectivity index (χ2n) is 2.70. The zero-order valence-corrected chi connectivity index (χ0v) is 7.35. The van der Waals surface area contributed by atoms with Gasteiger partial charge in [-0.1, -0.05) is 5.57 Å². The summed E-state index contributed by atoms with van der Waals surface area (Å²) in [5, 5.41) is 0. The molecule has 0 aliphatic heterocycles. The van der Waals surface area contributed by atoms with Crippen molar-refractivity contribution in [2.75, 3.05) is 0 Å². The lowest BCUT2D eigenvalue weighted by atomic mass is 10.2. The van der Waals surface area contributed by atoms with Gasteiger partial charge in [0.15, 0.2) is 0 Å². The van der Waals surface area contributed by atoms with Crippen molar-refractivity contribution in [3.63, 3.8) is 0 Å². The summed E-state index contributed by atoms with van der Waals surface area (Å²) in [6.07, 6.45) is 5.13. The smallest absolute Gasteiger partial charge is 0.142 e. The van der Waals surface area contributed by atoms with Crippen LogP contribution in [0.4, 0.5) is 0 Å². The Hall–Kier alpha value is -1.07. The van der Waals surface area contributed by atoms with Gasteiger partial charge in [-0.05, 0) is 44.9 Å². The van der Waals surface area contributed by atoms with Crippen LogP contribution >= 0.6 is 0 Å². The first-order chi connectivity index (χ1) is 5.16. The Balaban J connectivity index is 3.99. The molecule has 0 atom stereocenters. The predicted octanol–water partition coefficient (Wildman–Crippen LogP) is 2.64. The average molecular weight is 150 g/mol. The van der Waals surface area contributed by atoms with Gasteiger partial charge in [-0.3, -0.25) is 4.79 Å². The minimum Gasteiger partial charge on any atom is -0.299 e. The van der Waals surface area contributed by atoms with E-state index in [-0.39, 0.29) is 0 Å². The number of hydrogen-bond donors (Lipinski definition) is 0. The van der Waals surface area contributed by atoms with Crippen LogP contribution < -0.4 is 0 Å². The maximum atomic E-state index is 10.00. The molecule has 0 N–H and O–H groups in total. The molecule has 0 rings (SSSR count). The highest BCUT2D eigenvalue weighted by atomic mass is 16.1. The third-order valence-electron chi connectivity index (χ3n) is 1.17. The SMILES string of the molecule is CC(C)=C=CC/C(C)=C\C=O. The van der Waals surface area contributed by atoms with Crippen LogP contribution in [0.5, 0.6) is 0 Å². The van der Waals surface area contributed by atoms with Gasteiger partial charge in [0.05, 0.1) is 0 Å². The first-order valence-corrected chi connectivity index (χ1v) is 3.66. The number of carbonyl (C=O) groups is 1. The average Bonchev–Trinajstić information content (AvgIpc) is 1.87. The minimum atomic E-state index is 0.809. The summed E-state index contributed by atoms with van der Waals surface area (Å²) >= 11 is 0. The Morgan fingerprint density at radius 3 is 2.45 bits per heavy atom. The number of carbonyl (C=O) groups excluding carboxylic acids is 1. The molecule has 0 heterocycles. The van der Waals surface area contributed by atoms with Crippen LogP contribution in [0.3, 0.4) is 0 Å². The lowest BCUT2D eigenvalue weighted by Gasteiger charge is -1.88. The fourth-order valence-corrected chi connectivity index (χ4v) is 0.600. The minimum absolute atomic E-state index is 0.809. The fraction of sp³-hybridized carbons (Fsp3) is 0.400. The van der Waals surface area contributed by atoms with Crippen LogP contribution in [0.25, 0.3) is 0 Å². The van der Waals surface area contributed by atoms with E-state index in [0.717, 1.165) is 23.9 Å². The highest BCUT2D eigenvalue weighted by Crippen LogP contribution is 1.98. The number of rotatable bonds is 3. The second-order valence-corrected chi connectivity index (χ2v) is 2.70. The van der Waals surface area contributed by atoms with E-state index in [1.165, 1.54) is 0 Å². The van der Waals surface area contributed by atoms with Crippen molar-refractivity contribution in [1.82, 2.24) is 0 Å². The maximum Gasteiger partial charge on any atom is 0.142 e. The summed E-state index contributed by atoms with van der Waals surface area (Å²) < 4.78 is 0. The molecule has 0 saturated carbocycles. The van der Waals surface area contributed by atoms with Gasteiger partial charge in [0, 0.05) is 0 Å². The van der Waals surface area contributed by atoms with E-state index in [1.54, 1.807) is 6.08 Å². The standard InChI is InChI=1S/C10H14O/c1-9(2)5-4-6-10(3)7-8-11/h4,7-8H,6H2,1-3H3/b10-7-. The monoisotopic (exact) mass is 150 g/mol. The highest BCUT2D eigenvalue weighted by Gasteiger charge is 1.81. The summed E-state index contributed by atoms with van der Waals surface area (Å²) in [6.45, 7) is 5.92. The molecule has 0 aromatic heterocycles. The molecule has 0 fully saturated rings. The van der Waals surface area contributed by atoms with Gasteiger partial charge >= 0.3 is 0 Å². The zero-order chi connectivity index (χ0) is 8.69. The van der Waals surface area contributed by atoms with Gasteiger partial charge in [-0.15, -0.1) is 5.73 Å². The van der Waals surface area contributed by atoms with E-state index in [2.05, 4.69) is 5.73 Å². The first kappa shape index (κ1) is 9.93. The van der Waals surface area contributed by atoms with Crippen molar-refractivity contribution >= 4 is 6.29 Å². The number of hydrogen-bond acceptors (Lipinski definition) is 1. The quantitative estimate of drug-likeness (QED) is 0.343. The highest BCUT2D eigenvalue weighted by molar-refractivity contribution is 5.65. The molecule has 0 aromatic rings. The van der Waals surface area contributed by atoms with E-state index in [1.807, 2.05) is 26.8 Å². The topological polar surface area (TPSA) is 17.1 Å². The molecule has 1 heteroatoms. The molecule has 0 amide bonds. The van der Waals surface area contributed by atoms with E-state index < -0.39 is 0 Å². The molecule has 0 aliphatic rings. The third kappa shape index (κ3) is 6.82. The van der Waals surface area contributed by atoms with Crippen LogP contribution in [-0.2, 0) is 4.79 Å². The van der Waals surface area contributed by atoms with Gasteiger partial charge in [-0.2, -0.15) is 0 Å². The van der Waals surface area contributed by atoms with Gasteiger partial charge in [-0.25, -0.2) is 0 Å². The molecular weight excluding hydrogens is 136 g/mol. The van der Waals surface area contributed by atoms with E-state index in [9.17, 15) is 4.79 Å². The lowest BCUT2D eigenvalue weighted by Crippen LogP contribution is -1.72. The van der Waals surface area contributed by atoms with Crippen molar-refractivity contribution in [3.05, 3.63) is 29.0 Å². The molecule has 0 spiro atoms. The van der Waals surface area contributed by atoms with Gasteiger partial charge < -0.3 is 0 Å². The van der Waals surface area contributed by atoms with Gasteiger partial charge in [0.1, 0.15) is 6.29 Å². The predicted molar refractivity (Wildman–Crippen MR) is 47.4 cm³/mol. The Morgan fingerprint density at radius 2 is 2.00 bits per heavy atom. The van der Waals surface area contributed by atoms with Crippen molar-refractivity contribution in [2.24, 2.45) is 0 Å². The Morgan fingerprint density at radius 1 is 1.36 bits per heavy atom. The molecule has 1 nitrogen and oxygen atoms in total. The number of allylic oxidation sites excluding steroid dienone is 3. The van der Waals surface area contributed by atoms with E-state index in [0.29, 0.717) is 0 Å².